The van der Waals surface area contributed by atoms with Crippen molar-refractivity contribution in [3.8, 4) is 0 Å². The van der Waals surface area contributed by atoms with Crippen molar-refractivity contribution in [1.29, 1.82) is 0 Å². The lowest BCUT2D eigenvalue weighted by atomic mass is 9.98. The second-order valence-electron chi connectivity index (χ2n) is 4.73. The third-order valence-corrected chi connectivity index (χ3v) is 3.17. The summed E-state index contributed by atoms with van der Waals surface area (Å²) in [5, 5.41) is 3.40. The minimum Gasteiger partial charge on any atom is -0.314 e. The molecule has 1 fully saturated rings. The predicted molar refractivity (Wildman–Crippen MR) is 66.3 cm³/mol. The molecule has 0 saturated carbocycles. The molecule has 1 aliphatic rings. The van der Waals surface area contributed by atoms with E-state index in [1.54, 1.807) is 0 Å². The van der Waals surface area contributed by atoms with Crippen LogP contribution >= 0.6 is 0 Å². The lowest BCUT2D eigenvalue weighted by Gasteiger charge is -2.36. The van der Waals surface area contributed by atoms with Gasteiger partial charge in [0.25, 0.3) is 0 Å². The summed E-state index contributed by atoms with van der Waals surface area (Å²) < 4.78 is 0. The maximum Gasteiger partial charge on any atom is 0.0578 e. The second-order valence-corrected chi connectivity index (χ2v) is 4.73. The van der Waals surface area contributed by atoms with Gasteiger partial charge in [0.15, 0.2) is 0 Å². The van der Waals surface area contributed by atoms with E-state index in [1.807, 2.05) is 12.3 Å². The number of piperazine rings is 1. The highest BCUT2D eigenvalue weighted by atomic mass is 15.2. The second kappa shape index (κ2) is 5.41. The van der Waals surface area contributed by atoms with Gasteiger partial charge in [-0.25, -0.2) is 0 Å². The molecule has 16 heavy (non-hydrogen) atoms. The van der Waals surface area contributed by atoms with Gasteiger partial charge >= 0.3 is 0 Å². The molecule has 0 aliphatic carbocycles. The standard InChI is InChI=1S/C13H21N3/c1-11(2)13(12-5-3-4-6-15-12)16-9-7-14-8-10-16/h3-6,11,13-14H,7-10H2,1-2H3. The van der Waals surface area contributed by atoms with Crippen LogP contribution < -0.4 is 5.32 Å². The SMILES string of the molecule is CC(C)C(c1ccccn1)N1CCNCC1. The summed E-state index contributed by atoms with van der Waals surface area (Å²) in [6.07, 6.45) is 1.90. The Morgan fingerprint density at radius 1 is 1.25 bits per heavy atom. The lowest BCUT2D eigenvalue weighted by molar-refractivity contribution is 0.134. The molecule has 1 saturated heterocycles. The van der Waals surface area contributed by atoms with Crippen LogP contribution in [0.1, 0.15) is 25.6 Å². The Bertz CT molecular complexity index is 304. The fraction of sp³-hybridized carbons (Fsp3) is 0.615. The Hall–Kier alpha value is -0.930. The van der Waals surface area contributed by atoms with E-state index >= 15 is 0 Å². The van der Waals surface area contributed by atoms with E-state index in [4.69, 9.17) is 0 Å². The molecule has 3 nitrogen and oxygen atoms in total. The summed E-state index contributed by atoms with van der Waals surface area (Å²) >= 11 is 0. The number of nitrogens with zero attached hydrogens (tertiary/aromatic N) is 2. The summed E-state index contributed by atoms with van der Waals surface area (Å²) in [5.41, 5.74) is 1.21. The molecule has 0 radical (unpaired) electrons. The molecule has 3 heteroatoms. The topological polar surface area (TPSA) is 28.2 Å². The Morgan fingerprint density at radius 2 is 2.00 bits per heavy atom. The van der Waals surface area contributed by atoms with Gasteiger partial charge in [-0.2, -0.15) is 0 Å². The number of nitrogens with one attached hydrogen (secondary N) is 1. The van der Waals surface area contributed by atoms with E-state index in [1.165, 1.54) is 5.69 Å². The van der Waals surface area contributed by atoms with Crippen molar-refractivity contribution in [2.24, 2.45) is 5.92 Å². The zero-order valence-electron chi connectivity index (χ0n) is 10.2. The summed E-state index contributed by atoms with van der Waals surface area (Å²) in [6.45, 7) is 8.99. The molecule has 2 heterocycles. The van der Waals surface area contributed by atoms with Gasteiger partial charge in [-0.05, 0) is 18.1 Å². The van der Waals surface area contributed by atoms with E-state index in [-0.39, 0.29) is 0 Å². The van der Waals surface area contributed by atoms with E-state index in [0.29, 0.717) is 12.0 Å². The fourth-order valence-electron chi connectivity index (χ4n) is 2.46. The van der Waals surface area contributed by atoms with Gasteiger partial charge < -0.3 is 5.32 Å². The molecular formula is C13H21N3. The molecule has 1 aromatic heterocycles. The van der Waals surface area contributed by atoms with Crippen molar-refractivity contribution >= 4 is 0 Å². The van der Waals surface area contributed by atoms with Crippen LogP contribution in [0.4, 0.5) is 0 Å². The number of hydrogen-bond donors (Lipinski definition) is 1. The fourth-order valence-corrected chi connectivity index (χ4v) is 2.46. The quantitative estimate of drug-likeness (QED) is 0.838. The molecule has 1 aliphatic heterocycles. The number of hydrogen-bond acceptors (Lipinski definition) is 3. The van der Waals surface area contributed by atoms with Crippen LogP contribution in [0, 0.1) is 5.92 Å². The van der Waals surface area contributed by atoms with Crippen molar-refractivity contribution in [3.63, 3.8) is 0 Å². The largest absolute Gasteiger partial charge is 0.314 e. The first kappa shape index (κ1) is 11.6. The highest BCUT2D eigenvalue weighted by molar-refractivity contribution is 5.10. The summed E-state index contributed by atoms with van der Waals surface area (Å²) in [5.74, 6) is 0.605. The monoisotopic (exact) mass is 219 g/mol. The molecule has 0 spiro atoms. The van der Waals surface area contributed by atoms with Crippen LogP contribution in [-0.2, 0) is 0 Å². The molecule has 1 aromatic rings. The van der Waals surface area contributed by atoms with Crippen molar-refractivity contribution in [3.05, 3.63) is 30.1 Å². The Kier molecular flexibility index (Phi) is 3.91. The molecular weight excluding hydrogens is 198 g/mol. The minimum absolute atomic E-state index is 0.461. The normalized spacial score (nSPS) is 19.9. The minimum atomic E-state index is 0.461. The molecule has 1 unspecified atom stereocenters. The predicted octanol–water partition coefficient (Wildman–Crippen LogP) is 1.68. The maximum absolute atomic E-state index is 4.51. The summed E-state index contributed by atoms with van der Waals surface area (Å²) in [6, 6.07) is 6.67. The van der Waals surface area contributed by atoms with E-state index in [0.717, 1.165) is 26.2 Å². The van der Waals surface area contributed by atoms with Gasteiger partial charge in [0.2, 0.25) is 0 Å². The smallest absolute Gasteiger partial charge is 0.0578 e. The van der Waals surface area contributed by atoms with Crippen molar-refractivity contribution in [2.45, 2.75) is 19.9 Å². The van der Waals surface area contributed by atoms with Gasteiger partial charge in [-0.1, -0.05) is 19.9 Å². The first-order valence-corrected chi connectivity index (χ1v) is 6.14. The Balaban J connectivity index is 2.16. The zero-order valence-corrected chi connectivity index (χ0v) is 10.2. The first-order chi connectivity index (χ1) is 7.79. The average Bonchev–Trinajstić information content (AvgIpc) is 2.31. The molecule has 1 N–H and O–H groups in total. The van der Waals surface area contributed by atoms with Crippen molar-refractivity contribution < 1.29 is 0 Å². The number of aromatic nitrogens is 1. The van der Waals surface area contributed by atoms with Gasteiger partial charge in [-0.15, -0.1) is 0 Å². The van der Waals surface area contributed by atoms with E-state index in [2.05, 4.69) is 41.2 Å². The van der Waals surface area contributed by atoms with Gasteiger partial charge in [0, 0.05) is 32.4 Å². The first-order valence-electron chi connectivity index (χ1n) is 6.14. The number of pyridine rings is 1. The van der Waals surface area contributed by atoms with Crippen LogP contribution in [0.3, 0.4) is 0 Å². The van der Waals surface area contributed by atoms with Gasteiger partial charge in [0.1, 0.15) is 0 Å². The van der Waals surface area contributed by atoms with Crippen LogP contribution in [0.5, 0.6) is 0 Å². The van der Waals surface area contributed by atoms with Crippen LogP contribution in [0.2, 0.25) is 0 Å². The van der Waals surface area contributed by atoms with Gasteiger partial charge in [0.05, 0.1) is 11.7 Å². The summed E-state index contributed by atoms with van der Waals surface area (Å²) in [4.78, 5) is 7.06. The third kappa shape index (κ3) is 2.60. The average molecular weight is 219 g/mol. The van der Waals surface area contributed by atoms with Gasteiger partial charge in [-0.3, -0.25) is 9.88 Å². The third-order valence-electron chi connectivity index (χ3n) is 3.17. The van der Waals surface area contributed by atoms with Crippen LogP contribution in [-0.4, -0.2) is 36.1 Å². The summed E-state index contributed by atoms with van der Waals surface area (Å²) in [7, 11) is 0. The zero-order chi connectivity index (χ0) is 11.4. The van der Waals surface area contributed by atoms with Crippen molar-refractivity contribution in [2.75, 3.05) is 26.2 Å². The van der Waals surface area contributed by atoms with Crippen molar-refractivity contribution in [1.82, 2.24) is 15.2 Å². The highest BCUT2D eigenvalue weighted by Crippen LogP contribution is 2.26. The van der Waals surface area contributed by atoms with E-state index in [9.17, 15) is 0 Å². The van der Waals surface area contributed by atoms with Crippen LogP contribution in [0.25, 0.3) is 0 Å². The number of rotatable bonds is 3. The molecule has 2 rings (SSSR count). The molecule has 0 aromatic carbocycles. The molecule has 88 valence electrons. The molecule has 1 atom stereocenters. The molecule has 0 bridgehead atoms. The van der Waals surface area contributed by atoms with E-state index < -0.39 is 0 Å². The Morgan fingerprint density at radius 3 is 2.56 bits per heavy atom. The maximum atomic E-state index is 4.51. The highest BCUT2D eigenvalue weighted by Gasteiger charge is 2.25. The van der Waals surface area contributed by atoms with Crippen LogP contribution in [0.15, 0.2) is 24.4 Å². The Labute approximate surface area is 97.9 Å². The molecule has 0 amide bonds. The lowest BCUT2D eigenvalue weighted by Crippen LogP contribution is -2.46.